The molecular formula is C15H19F3N2O. The number of alkyl halides is 3. The van der Waals surface area contributed by atoms with Gasteiger partial charge in [-0.1, -0.05) is 25.1 Å². The van der Waals surface area contributed by atoms with Crippen LogP contribution in [0, 0.1) is 5.92 Å². The SMILES string of the molecule is CCCNC(=O)C1CNCC1c1cccc(C(F)(F)F)c1. The van der Waals surface area contributed by atoms with Crippen LogP contribution in [0.1, 0.15) is 30.4 Å². The minimum Gasteiger partial charge on any atom is -0.356 e. The molecule has 116 valence electrons. The smallest absolute Gasteiger partial charge is 0.356 e. The van der Waals surface area contributed by atoms with Crippen molar-refractivity contribution in [3.8, 4) is 0 Å². The summed E-state index contributed by atoms with van der Waals surface area (Å²) in [5, 5.41) is 5.91. The first kappa shape index (κ1) is 15.8. The summed E-state index contributed by atoms with van der Waals surface area (Å²) in [6.45, 7) is 3.56. The number of hydrogen-bond acceptors (Lipinski definition) is 2. The molecule has 0 aromatic heterocycles. The standard InChI is InChI=1S/C15H19F3N2O/c1-2-6-20-14(21)13-9-19-8-12(13)10-4-3-5-11(7-10)15(16,17)18/h3-5,7,12-13,19H,2,6,8-9H2,1H3,(H,20,21). The molecule has 1 aliphatic rings. The van der Waals surface area contributed by atoms with Crippen LogP contribution in [0.2, 0.25) is 0 Å². The maximum atomic E-state index is 12.8. The lowest BCUT2D eigenvalue weighted by Crippen LogP contribution is -2.34. The quantitative estimate of drug-likeness (QED) is 0.897. The molecule has 6 heteroatoms. The van der Waals surface area contributed by atoms with Crippen molar-refractivity contribution in [3.63, 3.8) is 0 Å². The summed E-state index contributed by atoms with van der Waals surface area (Å²) in [5.41, 5.74) is -0.105. The number of benzene rings is 1. The highest BCUT2D eigenvalue weighted by molar-refractivity contribution is 5.80. The first-order chi connectivity index (χ1) is 9.93. The van der Waals surface area contributed by atoms with Gasteiger partial charge in [0, 0.05) is 25.6 Å². The first-order valence-corrected chi connectivity index (χ1v) is 7.09. The third-order valence-electron chi connectivity index (χ3n) is 3.74. The van der Waals surface area contributed by atoms with Crippen LogP contribution >= 0.6 is 0 Å². The molecule has 21 heavy (non-hydrogen) atoms. The van der Waals surface area contributed by atoms with E-state index in [0.717, 1.165) is 18.6 Å². The second-order valence-electron chi connectivity index (χ2n) is 5.29. The number of rotatable bonds is 4. The molecule has 3 nitrogen and oxygen atoms in total. The molecule has 1 aliphatic heterocycles. The average Bonchev–Trinajstić information content (AvgIpc) is 2.93. The Balaban J connectivity index is 2.18. The van der Waals surface area contributed by atoms with Crippen molar-refractivity contribution in [3.05, 3.63) is 35.4 Å². The molecular weight excluding hydrogens is 281 g/mol. The molecule has 2 rings (SSSR count). The fraction of sp³-hybridized carbons (Fsp3) is 0.533. The van der Waals surface area contributed by atoms with Gasteiger partial charge in [-0.15, -0.1) is 0 Å². The third kappa shape index (κ3) is 3.75. The predicted molar refractivity (Wildman–Crippen MR) is 73.8 cm³/mol. The molecule has 1 amide bonds. The van der Waals surface area contributed by atoms with Crippen LogP contribution < -0.4 is 10.6 Å². The van der Waals surface area contributed by atoms with Crippen molar-refractivity contribution in [2.45, 2.75) is 25.4 Å². The lowest BCUT2D eigenvalue weighted by molar-refractivity contribution is -0.137. The molecule has 2 N–H and O–H groups in total. The van der Waals surface area contributed by atoms with Crippen LogP contribution in [0.25, 0.3) is 0 Å². The number of amides is 1. The number of carbonyl (C=O) groups excluding carboxylic acids is 1. The number of nitrogens with one attached hydrogen (secondary N) is 2. The van der Waals surface area contributed by atoms with E-state index in [9.17, 15) is 18.0 Å². The fourth-order valence-electron chi connectivity index (χ4n) is 2.63. The van der Waals surface area contributed by atoms with E-state index >= 15 is 0 Å². The zero-order valence-corrected chi connectivity index (χ0v) is 11.8. The van der Waals surface area contributed by atoms with Gasteiger partial charge < -0.3 is 10.6 Å². The van der Waals surface area contributed by atoms with Gasteiger partial charge in [0.15, 0.2) is 0 Å². The highest BCUT2D eigenvalue weighted by atomic mass is 19.4. The van der Waals surface area contributed by atoms with Crippen LogP contribution in [-0.2, 0) is 11.0 Å². The Bertz CT molecular complexity index is 502. The van der Waals surface area contributed by atoms with E-state index in [1.807, 2.05) is 6.92 Å². The van der Waals surface area contributed by atoms with Crippen molar-refractivity contribution in [1.29, 1.82) is 0 Å². The van der Waals surface area contributed by atoms with Crippen molar-refractivity contribution >= 4 is 5.91 Å². The molecule has 0 spiro atoms. The topological polar surface area (TPSA) is 41.1 Å². The van der Waals surface area contributed by atoms with Gasteiger partial charge in [0.05, 0.1) is 11.5 Å². The van der Waals surface area contributed by atoms with E-state index in [1.165, 1.54) is 6.07 Å². The Labute approximate surface area is 121 Å². The second-order valence-corrected chi connectivity index (χ2v) is 5.29. The van der Waals surface area contributed by atoms with Gasteiger partial charge in [-0.25, -0.2) is 0 Å². The molecule has 0 radical (unpaired) electrons. The van der Waals surface area contributed by atoms with E-state index in [-0.39, 0.29) is 17.7 Å². The molecule has 2 unspecified atom stereocenters. The van der Waals surface area contributed by atoms with Crippen LogP contribution in [-0.4, -0.2) is 25.5 Å². The molecule has 0 aliphatic carbocycles. The Kier molecular flexibility index (Phi) is 4.88. The molecule has 2 atom stereocenters. The van der Waals surface area contributed by atoms with Crippen molar-refractivity contribution in [2.24, 2.45) is 5.92 Å². The number of hydrogen-bond donors (Lipinski definition) is 2. The van der Waals surface area contributed by atoms with Gasteiger partial charge in [-0.2, -0.15) is 13.2 Å². The summed E-state index contributed by atoms with van der Waals surface area (Å²) in [6, 6.07) is 5.26. The molecule has 1 heterocycles. The Morgan fingerprint density at radius 2 is 2.14 bits per heavy atom. The van der Waals surface area contributed by atoms with Crippen LogP contribution in [0.3, 0.4) is 0 Å². The molecule has 1 aromatic carbocycles. The second kappa shape index (κ2) is 6.47. The summed E-state index contributed by atoms with van der Waals surface area (Å²) in [6.07, 6.45) is -3.53. The van der Waals surface area contributed by atoms with E-state index < -0.39 is 11.7 Å². The van der Waals surface area contributed by atoms with Gasteiger partial charge in [0.1, 0.15) is 0 Å². The Morgan fingerprint density at radius 1 is 1.38 bits per heavy atom. The zero-order valence-electron chi connectivity index (χ0n) is 11.8. The van der Waals surface area contributed by atoms with Gasteiger partial charge >= 0.3 is 6.18 Å². The summed E-state index contributed by atoms with van der Waals surface area (Å²) < 4.78 is 38.3. The van der Waals surface area contributed by atoms with Crippen LogP contribution in [0.4, 0.5) is 13.2 Å². The lowest BCUT2D eigenvalue weighted by Gasteiger charge is -2.19. The molecule has 1 saturated heterocycles. The predicted octanol–water partition coefficient (Wildman–Crippen LogP) is 2.53. The third-order valence-corrected chi connectivity index (χ3v) is 3.74. The summed E-state index contributed by atoms with van der Waals surface area (Å²) in [7, 11) is 0. The van der Waals surface area contributed by atoms with Crippen LogP contribution in [0.5, 0.6) is 0 Å². The Morgan fingerprint density at radius 3 is 2.81 bits per heavy atom. The largest absolute Gasteiger partial charge is 0.416 e. The highest BCUT2D eigenvalue weighted by Gasteiger charge is 2.36. The minimum atomic E-state index is -4.36. The van der Waals surface area contributed by atoms with E-state index in [4.69, 9.17) is 0 Å². The van der Waals surface area contributed by atoms with Gasteiger partial charge in [-0.3, -0.25) is 4.79 Å². The lowest BCUT2D eigenvalue weighted by atomic mass is 9.87. The number of halogens is 3. The van der Waals surface area contributed by atoms with Crippen LogP contribution in [0.15, 0.2) is 24.3 Å². The van der Waals surface area contributed by atoms with E-state index in [1.54, 1.807) is 6.07 Å². The zero-order chi connectivity index (χ0) is 15.5. The summed E-state index contributed by atoms with van der Waals surface area (Å²) in [5.74, 6) is -0.631. The van der Waals surface area contributed by atoms with Crippen molar-refractivity contribution in [2.75, 3.05) is 19.6 Å². The monoisotopic (exact) mass is 300 g/mol. The van der Waals surface area contributed by atoms with Gasteiger partial charge in [0.2, 0.25) is 5.91 Å². The molecule has 1 fully saturated rings. The van der Waals surface area contributed by atoms with E-state index in [0.29, 0.717) is 25.2 Å². The van der Waals surface area contributed by atoms with E-state index in [2.05, 4.69) is 10.6 Å². The summed E-state index contributed by atoms with van der Waals surface area (Å²) >= 11 is 0. The molecule has 1 aromatic rings. The minimum absolute atomic E-state index is 0.0933. The average molecular weight is 300 g/mol. The van der Waals surface area contributed by atoms with Crippen molar-refractivity contribution in [1.82, 2.24) is 10.6 Å². The molecule has 0 bridgehead atoms. The summed E-state index contributed by atoms with van der Waals surface area (Å²) in [4.78, 5) is 12.1. The van der Waals surface area contributed by atoms with Crippen molar-refractivity contribution < 1.29 is 18.0 Å². The molecule has 0 saturated carbocycles. The number of carbonyl (C=O) groups is 1. The van der Waals surface area contributed by atoms with Gasteiger partial charge in [-0.05, 0) is 18.1 Å². The van der Waals surface area contributed by atoms with Gasteiger partial charge in [0.25, 0.3) is 0 Å². The maximum absolute atomic E-state index is 12.8. The first-order valence-electron chi connectivity index (χ1n) is 7.09. The Hall–Kier alpha value is -1.56. The normalized spacial score (nSPS) is 22.3. The fourth-order valence-corrected chi connectivity index (χ4v) is 2.63. The highest BCUT2D eigenvalue weighted by Crippen LogP contribution is 2.34. The maximum Gasteiger partial charge on any atom is 0.416 e.